The first-order valence-electron chi connectivity index (χ1n) is 15.5. The van der Waals surface area contributed by atoms with Crippen LogP contribution in [0.3, 0.4) is 0 Å². The lowest BCUT2D eigenvalue weighted by atomic mass is 10.1. The maximum atomic E-state index is 14.1. The number of nitrogens with zero attached hydrogens (tertiary/aromatic N) is 2. The fourth-order valence-corrected chi connectivity index (χ4v) is 8.27. The molecule has 3 rings (SSSR count). The number of anilines is 2. The molecule has 0 aliphatic heterocycles. The molecular formula is C35H42Br5N3O2. The number of carbonyl (C=O) groups excluding carboxylic acids is 1. The molecule has 3 aromatic rings. The van der Waals surface area contributed by atoms with Crippen LogP contribution in [0.5, 0.6) is 5.75 Å². The van der Waals surface area contributed by atoms with E-state index in [0.717, 1.165) is 37.5 Å². The molecule has 45 heavy (non-hydrogen) atoms. The van der Waals surface area contributed by atoms with E-state index in [9.17, 15) is 4.79 Å². The first-order chi connectivity index (χ1) is 21.6. The van der Waals surface area contributed by atoms with Gasteiger partial charge in [-0.2, -0.15) is 0 Å². The Labute approximate surface area is 311 Å². The van der Waals surface area contributed by atoms with E-state index in [1.54, 1.807) is 0 Å². The van der Waals surface area contributed by atoms with Gasteiger partial charge >= 0.3 is 0 Å². The Morgan fingerprint density at radius 3 is 1.91 bits per heavy atom. The fraction of sp³-hybridized carbons (Fsp3) is 0.429. The molecule has 5 nitrogen and oxygen atoms in total. The molecule has 0 aromatic heterocycles. The molecule has 10 heteroatoms. The van der Waals surface area contributed by atoms with Gasteiger partial charge in [0.2, 0.25) is 0 Å². The van der Waals surface area contributed by atoms with Crippen LogP contribution in [0.25, 0.3) is 0 Å². The quantitative estimate of drug-likeness (QED) is 0.0635. The minimum atomic E-state index is -0.358. The van der Waals surface area contributed by atoms with Gasteiger partial charge in [-0.3, -0.25) is 4.79 Å². The van der Waals surface area contributed by atoms with Crippen LogP contribution in [0.15, 0.2) is 69.8 Å². The van der Waals surface area contributed by atoms with Crippen molar-refractivity contribution in [1.82, 2.24) is 0 Å². The van der Waals surface area contributed by atoms with Gasteiger partial charge in [-0.05, 0) is 129 Å². The number of para-hydroxylation sites is 2. The average molecular weight is 936 g/mol. The first-order valence-corrected chi connectivity index (χ1v) is 19.4. The zero-order valence-electron chi connectivity index (χ0n) is 26.4. The first kappa shape index (κ1) is 38.2. The average Bonchev–Trinajstić information content (AvgIpc) is 3.02. The monoisotopic (exact) mass is 931 g/mol. The van der Waals surface area contributed by atoms with Crippen LogP contribution in [0.4, 0.5) is 17.1 Å². The van der Waals surface area contributed by atoms with Crippen molar-refractivity contribution in [1.29, 1.82) is 0 Å². The third-order valence-corrected chi connectivity index (χ3v) is 13.6. The Kier molecular flexibility index (Phi) is 16.6. The van der Waals surface area contributed by atoms with Crippen molar-refractivity contribution < 1.29 is 9.53 Å². The van der Waals surface area contributed by atoms with E-state index in [-0.39, 0.29) is 11.6 Å². The van der Waals surface area contributed by atoms with E-state index in [2.05, 4.69) is 98.0 Å². The summed E-state index contributed by atoms with van der Waals surface area (Å²) in [6.45, 7) is 4.86. The highest BCUT2D eigenvalue weighted by Gasteiger charge is 2.26. The lowest BCUT2D eigenvalue weighted by molar-refractivity contribution is -0.110. The Morgan fingerprint density at radius 1 is 0.778 bits per heavy atom. The minimum Gasteiger partial charge on any atom is -0.491 e. The molecule has 0 bridgehead atoms. The maximum absolute atomic E-state index is 14.1. The largest absolute Gasteiger partial charge is 0.491 e. The number of aryl methyl sites for hydroxylation is 1. The zero-order valence-corrected chi connectivity index (χ0v) is 34.4. The van der Waals surface area contributed by atoms with Crippen LogP contribution in [0.2, 0.25) is 0 Å². The van der Waals surface area contributed by atoms with Crippen molar-refractivity contribution in [3.8, 4) is 5.75 Å². The molecule has 0 radical (unpaired) electrons. The highest BCUT2D eigenvalue weighted by atomic mass is 79.9. The second kappa shape index (κ2) is 19.6. The van der Waals surface area contributed by atoms with Crippen molar-refractivity contribution in [3.05, 3.63) is 76.0 Å². The number of ether oxygens (including phenoxy) is 1. The van der Waals surface area contributed by atoms with Gasteiger partial charge in [-0.1, -0.05) is 76.8 Å². The Hall–Kier alpha value is -1.20. The van der Waals surface area contributed by atoms with Crippen LogP contribution in [0.1, 0.15) is 82.3 Å². The number of unbranched alkanes of at least 4 members (excludes halogenated alkanes) is 9. The number of hydrogen-bond acceptors (Lipinski definition) is 4. The number of nitrogens with one attached hydrogen (secondary N) is 1. The molecule has 1 amide bonds. The summed E-state index contributed by atoms with van der Waals surface area (Å²) in [7, 11) is 4.00. The predicted molar refractivity (Wildman–Crippen MR) is 209 cm³/mol. The normalized spacial score (nSPS) is 11.5. The van der Waals surface area contributed by atoms with Crippen molar-refractivity contribution in [2.24, 2.45) is 4.99 Å². The molecule has 0 atom stereocenters. The second-order valence-corrected chi connectivity index (χ2v) is 15.2. The van der Waals surface area contributed by atoms with E-state index in [0.29, 0.717) is 38.2 Å². The standard InChI is InChI=1S/C35H42Br5N3O2/c1-5-6-7-8-9-10-11-12-13-16-21-45-27-18-15-14-17-26(27)42-35(44)34(28-29(36)31(38)33(40)32(39)30(28)37)41-25-20-19-24(43(3)4)22-23(25)2/h14-15,17-20,22H,5-13,16,21H2,1-4H3,(H,42,44). The van der Waals surface area contributed by atoms with E-state index >= 15 is 0 Å². The van der Waals surface area contributed by atoms with Crippen LogP contribution in [0, 0.1) is 6.92 Å². The SMILES string of the molecule is CCCCCCCCCCCCOc1ccccc1NC(=O)C(=Nc1ccc(N(C)C)cc1C)c1c(Br)c(Br)c(Br)c(Br)c1Br. The van der Waals surface area contributed by atoms with E-state index < -0.39 is 0 Å². The molecule has 0 saturated heterocycles. The summed E-state index contributed by atoms with van der Waals surface area (Å²) in [5, 5.41) is 3.09. The summed E-state index contributed by atoms with van der Waals surface area (Å²) < 4.78 is 9.87. The number of benzene rings is 3. The smallest absolute Gasteiger partial charge is 0.275 e. The summed E-state index contributed by atoms with van der Waals surface area (Å²) in [5.74, 6) is 0.285. The fourth-order valence-electron chi connectivity index (χ4n) is 4.85. The molecule has 0 spiro atoms. The Bertz CT molecular complexity index is 1450. The molecule has 0 heterocycles. The summed E-state index contributed by atoms with van der Waals surface area (Å²) in [5.41, 5.74) is 4.16. The maximum Gasteiger partial charge on any atom is 0.275 e. The molecule has 1 N–H and O–H groups in total. The van der Waals surface area contributed by atoms with E-state index in [1.165, 1.54) is 51.4 Å². The van der Waals surface area contributed by atoms with Crippen LogP contribution in [-0.2, 0) is 4.79 Å². The number of rotatable bonds is 17. The molecule has 0 unspecified atom stereocenters. The molecular weight excluding hydrogens is 894 g/mol. The highest BCUT2D eigenvalue weighted by molar-refractivity contribution is 9.15. The number of hydrogen-bond donors (Lipinski definition) is 1. The van der Waals surface area contributed by atoms with Gasteiger partial charge in [0.25, 0.3) is 5.91 Å². The highest BCUT2D eigenvalue weighted by Crippen LogP contribution is 2.45. The zero-order chi connectivity index (χ0) is 32.9. The third kappa shape index (κ3) is 11.2. The van der Waals surface area contributed by atoms with Gasteiger partial charge in [0.05, 0.1) is 18.0 Å². The number of carbonyl (C=O) groups is 1. The van der Waals surface area contributed by atoms with Gasteiger partial charge in [0.15, 0.2) is 0 Å². The topological polar surface area (TPSA) is 53.9 Å². The van der Waals surface area contributed by atoms with Crippen LogP contribution < -0.4 is 15.0 Å². The molecule has 0 aliphatic rings. The van der Waals surface area contributed by atoms with E-state index in [4.69, 9.17) is 9.73 Å². The van der Waals surface area contributed by atoms with Crippen molar-refractivity contribution in [3.63, 3.8) is 0 Å². The number of amides is 1. The summed E-state index contributed by atoms with van der Waals surface area (Å²) in [6.07, 6.45) is 12.7. The van der Waals surface area contributed by atoms with Crippen molar-refractivity contribution >= 4 is 108 Å². The summed E-state index contributed by atoms with van der Waals surface area (Å²) in [6, 6.07) is 13.6. The molecule has 0 aliphatic carbocycles. The Balaban J connectivity index is 1.80. The van der Waals surface area contributed by atoms with Crippen molar-refractivity contribution in [2.45, 2.75) is 78.1 Å². The molecule has 0 fully saturated rings. The molecule has 244 valence electrons. The molecule has 0 saturated carbocycles. The molecule has 3 aromatic carbocycles. The Morgan fingerprint density at radius 2 is 1.33 bits per heavy atom. The summed E-state index contributed by atoms with van der Waals surface area (Å²) in [4.78, 5) is 21.1. The third-order valence-electron chi connectivity index (χ3n) is 7.48. The van der Waals surface area contributed by atoms with Gasteiger partial charge in [-0.25, -0.2) is 4.99 Å². The number of aliphatic imine (C=N–C) groups is 1. The van der Waals surface area contributed by atoms with Crippen LogP contribution >= 0.6 is 79.6 Å². The van der Waals surface area contributed by atoms with Gasteiger partial charge in [-0.15, -0.1) is 0 Å². The van der Waals surface area contributed by atoms with Gasteiger partial charge in [0.1, 0.15) is 11.5 Å². The van der Waals surface area contributed by atoms with Crippen molar-refractivity contribution in [2.75, 3.05) is 30.9 Å². The van der Waals surface area contributed by atoms with Gasteiger partial charge < -0.3 is 15.0 Å². The van der Waals surface area contributed by atoms with Gasteiger partial charge in [0, 0.05) is 47.7 Å². The minimum absolute atomic E-state index is 0.243. The van der Waals surface area contributed by atoms with Crippen LogP contribution in [-0.4, -0.2) is 32.3 Å². The second-order valence-electron chi connectivity index (χ2n) is 11.3. The lowest BCUT2D eigenvalue weighted by Gasteiger charge is -2.18. The van der Waals surface area contributed by atoms with E-state index in [1.807, 2.05) is 62.3 Å². The predicted octanol–water partition coefficient (Wildman–Crippen LogP) is 12.9. The lowest BCUT2D eigenvalue weighted by Crippen LogP contribution is -2.25. The summed E-state index contributed by atoms with van der Waals surface area (Å²) >= 11 is 18.3. The number of halogens is 5.